The fourth-order valence-electron chi connectivity index (χ4n) is 2.19. The van der Waals surface area contributed by atoms with E-state index >= 15 is 0 Å². The molecule has 1 saturated heterocycles. The molecule has 1 N–H and O–H groups in total. The monoisotopic (exact) mass is 224 g/mol. The lowest BCUT2D eigenvalue weighted by molar-refractivity contribution is -0.107. The summed E-state index contributed by atoms with van der Waals surface area (Å²) in [5.74, 6) is 0. The topological polar surface area (TPSA) is 53.0 Å². The second-order valence-corrected chi connectivity index (χ2v) is 4.02. The van der Waals surface area contributed by atoms with Gasteiger partial charge in [-0.2, -0.15) is 5.06 Å². The zero-order valence-corrected chi connectivity index (χ0v) is 9.30. The van der Waals surface area contributed by atoms with Gasteiger partial charge < -0.3 is 10.0 Å². The first-order valence-electron chi connectivity index (χ1n) is 5.32. The SMILES string of the molecule is C=CCON1C(=O)N2CC1C=C(C)[C@H]2CO. The number of hydroxylamine groups is 2. The van der Waals surface area contributed by atoms with E-state index in [4.69, 9.17) is 4.84 Å². The average Bonchev–Trinajstić information content (AvgIpc) is 2.51. The van der Waals surface area contributed by atoms with Gasteiger partial charge in [-0.15, -0.1) is 6.58 Å². The standard InChI is InChI=1S/C11H16N2O3/c1-3-4-16-13-9-5-8(2)10(7-14)12(6-9)11(13)15/h3,5,9-10,14H,1,4,6-7H2,2H3/t9?,10-/m1/s1. The van der Waals surface area contributed by atoms with Crippen molar-refractivity contribution in [2.45, 2.75) is 19.0 Å². The van der Waals surface area contributed by atoms with Crippen molar-refractivity contribution in [3.05, 3.63) is 24.3 Å². The van der Waals surface area contributed by atoms with E-state index in [0.717, 1.165) is 5.57 Å². The molecule has 16 heavy (non-hydrogen) atoms. The molecule has 2 bridgehead atoms. The molecule has 2 rings (SSSR count). The van der Waals surface area contributed by atoms with Gasteiger partial charge >= 0.3 is 6.03 Å². The molecule has 1 unspecified atom stereocenters. The molecule has 2 aliphatic heterocycles. The maximum absolute atomic E-state index is 12.0. The number of hydrogen-bond acceptors (Lipinski definition) is 3. The van der Waals surface area contributed by atoms with Crippen LogP contribution >= 0.6 is 0 Å². The van der Waals surface area contributed by atoms with Gasteiger partial charge in [0, 0.05) is 6.54 Å². The second kappa shape index (κ2) is 4.27. The van der Waals surface area contributed by atoms with Crippen LogP contribution in [-0.4, -0.2) is 52.9 Å². The summed E-state index contributed by atoms with van der Waals surface area (Å²) in [6.07, 6.45) is 3.58. The van der Waals surface area contributed by atoms with Crippen LogP contribution in [-0.2, 0) is 4.84 Å². The molecule has 0 aromatic heterocycles. The van der Waals surface area contributed by atoms with Crippen molar-refractivity contribution in [1.29, 1.82) is 0 Å². The van der Waals surface area contributed by atoms with Crippen LogP contribution < -0.4 is 0 Å². The summed E-state index contributed by atoms with van der Waals surface area (Å²) in [6, 6.07) is -0.435. The fourth-order valence-corrected chi connectivity index (χ4v) is 2.19. The van der Waals surface area contributed by atoms with E-state index in [1.54, 1.807) is 11.0 Å². The van der Waals surface area contributed by atoms with E-state index in [1.807, 2.05) is 13.0 Å². The Bertz CT molecular complexity index is 340. The van der Waals surface area contributed by atoms with Crippen molar-refractivity contribution in [2.75, 3.05) is 19.8 Å². The van der Waals surface area contributed by atoms with Crippen molar-refractivity contribution in [1.82, 2.24) is 9.96 Å². The number of aliphatic hydroxyl groups excluding tert-OH is 1. The summed E-state index contributed by atoms with van der Waals surface area (Å²) in [5, 5.41) is 10.6. The summed E-state index contributed by atoms with van der Waals surface area (Å²) < 4.78 is 0. The van der Waals surface area contributed by atoms with Crippen molar-refractivity contribution in [2.24, 2.45) is 0 Å². The molecule has 1 fully saturated rings. The van der Waals surface area contributed by atoms with E-state index in [2.05, 4.69) is 6.58 Å². The van der Waals surface area contributed by atoms with Gasteiger partial charge in [0.2, 0.25) is 0 Å². The normalized spacial score (nSPS) is 28.4. The molecule has 0 aromatic rings. The Morgan fingerprint density at radius 3 is 3.12 bits per heavy atom. The second-order valence-electron chi connectivity index (χ2n) is 4.02. The molecule has 0 spiro atoms. The Morgan fingerprint density at radius 1 is 1.75 bits per heavy atom. The number of carbonyl (C=O) groups excluding carboxylic acids is 1. The number of aliphatic hydroxyl groups is 1. The zero-order chi connectivity index (χ0) is 11.7. The van der Waals surface area contributed by atoms with Crippen LogP contribution in [0.3, 0.4) is 0 Å². The van der Waals surface area contributed by atoms with E-state index in [-0.39, 0.29) is 24.7 Å². The molecule has 0 aliphatic carbocycles. The quantitative estimate of drug-likeness (QED) is 0.709. The largest absolute Gasteiger partial charge is 0.394 e. The van der Waals surface area contributed by atoms with Gasteiger partial charge in [-0.05, 0) is 6.92 Å². The van der Waals surface area contributed by atoms with Crippen molar-refractivity contribution in [3.63, 3.8) is 0 Å². The molecule has 2 heterocycles. The van der Waals surface area contributed by atoms with Crippen molar-refractivity contribution in [3.8, 4) is 0 Å². The highest BCUT2D eigenvalue weighted by Gasteiger charge is 2.44. The Kier molecular flexibility index (Phi) is 2.98. The van der Waals surface area contributed by atoms with Crippen LogP contribution in [0.5, 0.6) is 0 Å². The van der Waals surface area contributed by atoms with Gasteiger partial charge in [-0.1, -0.05) is 17.7 Å². The van der Waals surface area contributed by atoms with Gasteiger partial charge in [0.1, 0.15) is 0 Å². The number of fused-ring (bicyclic) bond motifs is 2. The average molecular weight is 224 g/mol. The minimum absolute atomic E-state index is 0.0455. The molecule has 2 aliphatic rings. The number of urea groups is 1. The smallest absolute Gasteiger partial charge is 0.345 e. The minimum Gasteiger partial charge on any atom is -0.394 e. The maximum Gasteiger partial charge on any atom is 0.345 e. The molecule has 0 radical (unpaired) electrons. The highest BCUT2D eigenvalue weighted by atomic mass is 16.7. The number of hydrogen-bond donors (Lipinski definition) is 1. The van der Waals surface area contributed by atoms with Crippen LogP contribution in [0.4, 0.5) is 4.79 Å². The first-order chi connectivity index (χ1) is 7.69. The third-order valence-corrected chi connectivity index (χ3v) is 2.98. The Hall–Kier alpha value is -1.33. The summed E-state index contributed by atoms with van der Waals surface area (Å²) >= 11 is 0. The summed E-state index contributed by atoms with van der Waals surface area (Å²) in [4.78, 5) is 18.9. The lowest BCUT2D eigenvalue weighted by Crippen LogP contribution is -2.42. The Labute approximate surface area is 94.5 Å². The number of carbonyl (C=O) groups is 1. The summed E-state index contributed by atoms with van der Waals surface area (Å²) in [7, 11) is 0. The molecular weight excluding hydrogens is 208 g/mol. The van der Waals surface area contributed by atoms with E-state index in [9.17, 15) is 9.90 Å². The van der Waals surface area contributed by atoms with Crippen LogP contribution in [0.2, 0.25) is 0 Å². The molecule has 0 aromatic carbocycles. The maximum atomic E-state index is 12.0. The summed E-state index contributed by atoms with van der Waals surface area (Å²) in [6.45, 7) is 6.32. The van der Waals surface area contributed by atoms with E-state index in [1.165, 1.54) is 5.06 Å². The molecule has 0 saturated carbocycles. The molecular formula is C11H16N2O3. The first kappa shape index (κ1) is 11.2. The Morgan fingerprint density at radius 2 is 2.50 bits per heavy atom. The third kappa shape index (κ3) is 1.62. The predicted molar refractivity (Wildman–Crippen MR) is 58.5 cm³/mol. The van der Waals surface area contributed by atoms with Crippen LogP contribution in [0, 0.1) is 0 Å². The lowest BCUT2D eigenvalue weighted by Gasteiger charge is -2.28. The van der Waals surface area contributed by atoms with Gasteiger partial charge in [0.25, 0.3) is 0 Å². The molecule has 88 valence electrons. The van der Waals surface area contributed by atoms with Crippen LogP contribution in [0.15, 0.2) is 24.3 Å². The predicted octanol–water partition coefficient (Wildman–Crippen LogP) is 0.531. The van der Waals surface area contributed by atoms with E-state index in [0.29, 0.717) is 13.2 Å². The molecule has 2 atom stereocenters. The molecule has 2 amide bonds. The van der Waals surface area contributed by atoms with Gasteiger partial charge in [0.05, 0.1) is 25.3 Å². The Balaban J connectivity index is 2.17. The third-order valence-electron chi connectivity index (χ3n) is 2.98. The van der Waals surface area contributed by atoms with E-state index < -0.39 is 0 Å². The van der Waals surface area contributed by atoms with Gasteiger partial charge in [-0.25, -0.2) is 4.79 Å². The van der Waals surface area contributed by atoms with Crippen molar-refractivity contribution < 1.29 is 14.7 Å². The van der Waals surface area contributed by atoms with Gasteiger partial charge in [0.15, 0.2) is 0 Å². The number of amides is 2. The number of rotatable bonds is 4. The highest BCUT2D eigenvalue weighted by molar-refractivity contribution is 5.78. The zero-order valence-electron chi connectivity index (χ0n) is 9.30. The van der Waals surface area contributed by atoms with Crippen LogP contribution in [0.1, 0.15) is 6.92 Å². The number of nitrogens with zero attached hydrogens (tertiary/aromatic N) is 2. The first-order valence-corrected chi connectivity index (χ1v) is 5.32. The fraction of sp³-hybridized carbons (Fsp3) is 0.545. The summed E-state index contributed by atoms with van der Waals surface area (Å²) in [5.41, 5.74) is 1.01. The molecule has 5 heteroatoms. The van der Waals surface area contributed by atoms with Crippen molar-refractivity contribution >= 4 is 6.03 Å². The lowest BCUT2D eigenvalue weighted by atomic mass is 10.0. The van der Waals surface area contributed by atoms with Crippen LogP contribution in [0.25, 0.3) is 0 Å². The molecule has 5 nitrogen and oxygen atoms in total. The highest BCUT2D eigenvalue weighted by Crippen LogP contribution is 2.28. The van der Waals surface area contributed by atoms with Gasteiger partial charge in [-0.3, -0.25) is 4.84 Å². The minimum atomic E-state index is -0.207.